The SMILES string of the molecule is [CH2]C(CCF)C(C)=N. The Balaban J connectivity index is 3.32. The molecule has 0 aromatic heterocycles. The van der Waals surface area contributed by atoms with E-state index in [1.54, 1.807) is 6.92 Å². The van der Waals surface area contributed by atoms with Gasteiger partial charge in [-0.1, -0.05) is 0 Å². The van der Waals surface area contributed by atoms with E-state index in [1.165, 1.54) is 0 Å². The molecular formula is C6H11FN. The van der Waals surface area contributed by atoms with Crippen molar-refractivity contribution in [2.45, 2.75) is 13.3 Å². The Hall–Kier alpha value is -0.400. The summed E-state index contributed by atoms with van der Waals surface area (Å²) in [5.41, 5.74) is 0.461. The van der Waals surface area contributed by atoms with Crippen molar-refractivity contribution in [1.29, 1.82) is 5.41 Å². The highest BCUT2D eigenvalue weighted by molar-refractivity contribution is 5.81. The normalized spacial score (nSPS) is 13.4. The number of rotatable bonds is 3. The van der Waals surface area contributed by atoms with Crippen LogP contribution in [0.5, 0.6) is 0 Å². The zero-order valence-electron chi connectivity index (χ0n) is 5.08. The van der Waals surface area contributed by atoms with Crippen molar-refractivity contribution in [2.24, 2.45) is 5.92 Å². The molecule has 0 rings (SSSR count). The van der Waals surface area contributed by atoms with Gasteiger partial charge in [0.2, 0.25) is 0 Å². The fourth-order valence-corrected chi connectivity index (χ4v) is 0.348. The summed E-state index contributed by atoms with van der Waals surface area (Å²) in [5.74, 6) is -0.125. The highest BCUT2D eigenvalue weighted by atomic mass is 19.1. The van der Waals surface area contributed by atoms with Crippen LogP contribution in [0.1, 0.15) is 13.3 Å². The average molecular weight is 116 g/mol. The van der Waals surface area contributed by atoms with Gasteiger partial charge in [-0.15, -0.1) is 0 Å². The Morgan fingerprint density at radius 3 is 2.50 bits per heavy atom. The molecule has 0 aliphatic carbocycles. The third-order valence-electron chi connectivity index (χ3n) is 1.07. The maximum absolute atomic E-state index is 11.5. The zero-order chi connectivity index (χ0) is 6.57. The van der Waals surface area contributed by atoms with Crippen molar-refractivity contribution in [2.75, 3.05) is 6.67 Å². The molecule has 0 amide bonds. The minimum absolute atomic E-state index is 0.125. The summed E-state index contributed by atoms with van der Waals surface area (Å²) in [6, 6.07) is 0. The molecule has 0 saturated carbocycles. The monoisotopic (exact) mass is 116 g/mol. The Kier molecular flexibility index (Phi) is 3.40. The van der Waals surface area contributed by atoms with Crippen LogP contribution in [0.4, 0.5) is 4.39 Å². The van der Waals surface area contributed by atoms with Crippen LogP contribution in [0, 0.1) is 18.3 Å². The minimum atomic E-state index is -0.371. The van der Waals surface area contributed by atoms with Crippen LogP contribution in [0.15, 0.2) is 0 Å². The molecule has 0 fully saturated rings. The van der Waals surface area contributed by atoms with Gasteiger partial charge in [0.25, 0.3) is 0 Å². The number of hydrogen-bond donors (Lipinski definition) is 1. The van der Waals surface area contributed by atoms with E-state index >= 15 is 0 Å². The Labute approximate surface area is 49.4 Å². The molecule has 2 heteroatoms. The lowest BCUT2D eigenvalue weighted by Gasteiger charge is -2.03. The molecule has 0 aliphatic heterocycles. The van der Waals surface area contributed by atoms with Gasteiger partial charge in [0, 0.05) is 5.71 Å². The van der Waals surface area contributed by atoms with Crippen LogP contribution in [0.25, 0.3) is 0 Å². The molecule has 0 aromatic rings. The molecule has 0 saturated heterocycles. The Morgan fingerprint density at radius 2 is 2.38 bits per heavy atom. The third kappa shape index (κ3) is 2.72. The van der Waals surface area contributed by atoms with Crippen LogP contribution in [0.2, 0.25) is 0 Å². The summed E-state index contributed by atoms with van der Waals surface area (Å²) in [7, 11) is 0. The average Bonchev–Trinajstić information content (AvgIpc) is 1.67. The first-order valence-electron chi connectivity index (χ1n) is 2.62. The van der Waals surface area contributed by atoms with Crippen molar-refractivity contribution >= 4 is 5.71 Å². The van der Waals surface area contributed by atoms with Gasteiger partial charge in [0.05, 0.1) is 6.67 Å². The van der Waals surface area contributed by atoms with E-state index in [1.807, 2.05) is 0 Å². The van der Waals surface area contributed by atoms with Crippen LogP contribution in [-0.2, 0) is 0 Å². The molecule has 47 valence electrons. The van der Waals surface area contributed by atoms with Gasteiger partial charge in [-0.05, 0) is 26.2 Å². The van der Waals surface area contributed by atoms with Gasteiger partial charge >= 0.3 is 0 Å². The molecule has 0 aliphatic rings. The van der Waals surface area contributed by atoms with Crippen LogP contribution < -0.4 is 0 Å². The quantitative estimate of drug-likeness (QED) is 0.544. The first kappa shape index (κ1) is 7.60. The second kappa shape index (κ2) is 3.58. The van der Waals surface area contributed by atoms with E-state index in [4.69, 9.17) is 5.41 Å². The van der Waals surface area contributed by atoms with E-state index in [0.29, 0.717) is 12.1 Å². The van der Waals surface area contributed by atoms with Crippen molar-refractivity contribution in [3.05, 3.63) is 6.92 Å². The fourth-order valence-electron chi connectivity index (χ4n) is 0.348. The second-order valence-corrected chi connectivity index (χ2v) is 1.86. The molecule has 1 radical (unpaired) electrons. The predicted molar refractivity (Wildman–Crippen MR) is 32.8 cm³/mol. The predicted octanol–water partition coefficient (Wildman–Crippen LogP) is 1.84. The zero-order valence-corrected chi connectivity index (χ0v) is 5.08. The van der Waals surface area contributed by atoms with Crippen molar-refractivity contribution in [1.82, 2.24) is 0 Å². The van der Waals surface area contributed by atoms with Gasteiger partial charge < -0.3 is 5.41 Å². The topological polar surface area (TPSA) is 23.9 Å². The van der Waals surface area contributed by atoms with E-state index < -0.39 is 0 Å². The summed E-state index contributed by atoms with van der Waals surface area (Å²) < 4.78 is 11.5. The van der Waals surface area contributed by atoms with E-state index in [2.05, 4.69) is 6.92 Å². The number of halogens is 1. The molecular weight excluding hydrogens is 105 g/mol. The molecule has 0 heterocycles. The standard InChI is InChI=1S/C6H11FN/c1-5(3-4-7)6(2)8/h5,8H,1,3-4H2,2H3. The largest absolute Gasteiger partial charge is 0.310 e. The van der Waals surface area contributed by atoms with Gasteiger partial charge in [-0.3, -0.25) is 4.39 Å². The van der Waals surface area contributed by atoms with E-state index in [-0.39, 0.29) is 12.6 Å². The van der Waals surface area contributed by atoms with Gasteiger partial charge in [-0.2, -0.15) is 0 Å². The fraction of sp³-hybridized carbons (Fsp3) is 0.667. The molecule has 0 spiro atoms. The van der Waals surface area contributed by atoms with E-state index in [0.717, 1.165) is 0 Å². The highest BCUT2D eigenvalue weighted by Crippen LogP contribution is 2.01. The summed E-state index contributed by atoms with van der Waals surface area (Å²) in [6.45, 7) is 4.84. The number of hydrogen-bond acceptors (Lipinski definition) is 1. The maximum Gasteiger partial charge on any atom is 0.0900 e. The summed E-state index contributed by atoms with van der Waals surface area (Å²) >= 11 is 0. The number of nitrogens with one attached hydrogen (secondary N) is 1. The Morgan fingerprint density at radius 1 is 1.88 bits per heavy atom. The first-order valence-corrected chi connectivity index (χ1v) is 2.62. The van der Waals surface area contributed by atoms with Crippen LogP contribution in [0.3, 0.4) is 0 Å². The molecule has 0 bridgehead atoms. The van der Waals surface area contributed by atoms with Gasteiger partial charge in [0.1, 0.15) is 0 Å². The van der Waals surface area contributed by atoms with E-state index in [9.17, 15) is 4.39 Å². The van der Waals surface area contributed by atoms with Crippen LogP contribution in [-0.4, -0.2) is 12.4 Å². The van der Waals surface area contributed by atoms with Crippen molar-refractivity contribution in [3.63, 3.8) is 0 Å². The molecule has 1 atom stereocenters. The molecule has 1 nitrogen and oxygen atoms in total. The molecule has 8 heavy (non-hydrogen) atoms. The maximum atomic E-state index is 11.5. The lowest BCUT2D eigenvalue weighted by molar-refractivity contribution is 0.456. The lowest BCUT2D eigenvalue weighted by atomic mass is 10.0. The molecule has 1 unspecified atom stereocenters. The van der Waals surface area contributed by atoms with Gasteiger partial charge in [-0.25, -0.2) is 0 Å². The molecule has 1 N–H and O–H groups in total. The lowest BCUT2D eigenvalue weighted by Crippen LogP contribution is -2.05. The van der Waals surface area contributed by atoms with Crippen molar-refractivity contribution in [3.8, 4) is 0 Å². The number of alkyl halides is 1. The first-order chi connectivity index (χ1) is 3.68. The summed E-state index contributed by atoms with van der Waals surface area (Å²) in [4.78, 5) is 0. The molecule has 0 aromatic carbocycles. The van der Waals surface area contributed by atoms with Crippen LogP contribution >= 0.6 is 0 Å². The van der Waals surface area contributed by atoms with Crippen molar-refractivity contribution < 1.29 is 4.39 Å². The Bertz CT molecular complexity index is 80.6. The smallest absolute Gasteiger partial charge is 0.0900 e. The summed E-state index contributed by atoms with van der Waals surface area (Å²) in [6.07, 6.45) is 0.384. The minimum Gasteiger partial charge on any atom is -0.310 e. The summed E-state index contributed by atoms with van der Waals surface area (Å²) in [5, 5.41) is 6.97. The second-order valence-electron chi connectivity index (χ2n) is 1.86. The third-order valence-corrected chi connectivity index (χ3v) is 1.07. The van der Waals surface area contributed by atoms with Gasteiger partial charge in [0.15, 0.2) is 0 Å². The highest BCUT2D eigenvalue weighted by Gasteiger charge is 2.01.